The first-order valence-electron chi connectivity index (χ1n) is 8.14. The average molecular weight is 348 g/mol. The van der Waals surface area contributed by atoms with Crippen molar-refractivity contribution in [3.05, 3.63) is 65.7 Å². The third kappa shape index (κ3) is 4.63. The zero-order valence-corrected chi connectivity index (χ0v) is 14.3. The first-order chi connectivity index (χ1) is 11.9. The molecule has 0 amide bonds. The van der Waals surface area contributed by atoms with Gasteiger partial charge in [0, 0.05) is 5.92 Å². The number of rotatable bonds is 8. The second-order valence-corrected chi connectivity index (χ2v) is 6.09. The third-order valence-electron chi connectivity index (χ3n) is 4.26. The molecule has 2 aromatic rings. The predicted octanol–water partition coefficient (Wildman–Crippen LogP) is 4.20. The van der Waals surface area contributed by atoms with Crippen LogP contribution in [-0.2, 0) is 11.2 Å². The summed E-state index contributed by atoms with van der Waals surface area (Å²) in [6.45, 7) is 1.47. The second-order valence-electron chi connectivity index (χ2n) is 6.09. The summed E-state index contributed by atoms with van der Waals surface area (Å²) in [5, 5.41) is 10.0. The number of alkyl halides is 2. The number of methoxy groups -OCH3 is 1. The maximum absolute atomic E-state index is 14.4. The molecule has 0 saturated heterocycles. The molecule has 2 aromatic carbocycles. The molecule has 3 nitrogen and oxygen atoms in total. The van der Waals surface area contributed by atoms with E-state index in [1.165, 1.54) is 38.3 Å². The van der Waals surface area contributed by atoms with E-state index in [1.54, 1.807) is 0 Å². The van der Waals surface area contributed by atoms with Crippen molar-refractivity contribution in [1.29, 1.82) is 0 Å². The van der Waals surface area contributed by atoms with Crippen LogP contribution in [0.1, 0.15) is 30.6 Å². The number of aliphatic hydroxyl groups is 1. The number of carbonyl (C=O) groups excluding carboxylic acids is 1. The van der Waals surface area contributed by atoms with E-state index in [-0.39, 0.29) is 5.56 Å². The van der Waals surface area contributed by atoms with Gasteiger partial charge in [0.2, 0.25) is 5.78 Å². The summed E-state index contributed by atoms with van der Waals surface area (Å²) in [5.74, 6) is -5.46. The van der Waals surface area contributed by atoms with Gasteiger partial charge in [-0.15, -0.1) is 0 Å². The molecule has 2 atom stereocenters. The van der Waals surface area contributed by atoms with Crippen LogP contribution in [0.25, 0.3) is 0 Å². The molecule has 0 aliphatic heterocycles. The highest BCUT2D eigenvalue weighted by Gasteiger charge is 2.48. The van der Waals surface area contributed by atoms with Crippen LogP contribution in [0.3, 0.4) is 0 Å². The Balaban J connectivity index is 2.03. The monoisotopic (exact) mass is 348 g/mol. The summed E-state index contributed by atoms with van der Waals surface area (Å²) in [4.78, 5) is 12.2. The Morgan fingerprint density at radius 1 is 1.12 bits per heavy atom. The van der Waals surface area contributed by atoms with Crippen LogP contribution in [0.15, 0.2) is 54.6 Å². The summed E-state index contributed by atoms with van der Waals surface area (Å²) in [5.41, 5.74) is 0.968. The van der Waals surface area contributed by atoms with Gasteiger partial charge in [0.25, 0.3) is 0 Å². The number of benzene rings is 2. The van der Waals surface area contributed by atoms with Crippen LogP contribution < -0.4 is 4.74 Å². The molecule has 0 radical (unpaired) electrons. The van der Waals surface area contributed by atoms with Crippen molar-refractivity contribution in [2.45, 2.75) is 31.8 Å². The molecule has 0 aliphatic rings. The zero-order valence-electron chi connectivity index (χ0n) is 14.3. The van der Waals surface area contributed by atoms with Gasteiger partial charge in [-0.1, -0.05) is 49.4 Å². The van der Waals surface area contributed by atoms with Crippen LogP contribution in [0.5, 0.6) is 5.75 Å². The minimum Gasteiger partial charge on any atom is -0.497 e. The van der Waals surface area contributed by atoms with Crippen LogP contribution in [0, 0.1) is 5.92 Å². The Morgan fingerprint density at radius 3 is 2.28 bits per heavy atom. The molecule has 0 heterocycles. The standard InChI is InChI=1S/C20H22F2O3/c1-14(8-9-15-6-4-3-5-7-15)18(23)20(21,22)19(24)16-10-12-17(25-2)13-11-16/h3-7,10-14,19,24H,8-9H2,1-2H3/t14-,19?/m0/s1. The van der Waals surface area contributed by atoms with Crippen molar-refractivity contribution in [1.82, 2.24) is 0 Å². The lowest BCUT2D eigenvalue weighted by molar-refractivity contribution is -0.165. The van der Waals surface area contributed by atoms with Gasteiger partial charge in [-0.25, -0.2) is 0 Å². The molecule has 1 N–H and O–H groups in total. The summed E-state index contributed by atoms with van der Waals surface area (Å²) in [6.07, 6.45) is -1.35. The Kier molecular flexibility index (Phi) is 6.26. The summed E-state index contributed by atoms with van der Waals surface area (Å²) < 4.78 is 33.8. The number of Topliss-reactive ketones (excluding diaryl/α,β-unsaturated/α-hetero) is 1. The number of aliphatic hydroxyl groups excluding tert-OH is 1. The minimum absolute atomic E-state index is 0.0191. The average Bonchev–Trinajstić information content (AvgIpc) is 2.65. The minimum atomic E-state index is -3.84. The van der Waals surface area contributed by atoms with Crippen molar-refractivity contribution in [3.8, 4) is 5.75 Å². The van der Waals surface area contributed by atoms with Gasteiger partial charge in [0.1, 0.15) is 11.9 Å². The Bertz CT molecular complexity index is 684. The van der Waals surface area contributed by atoms with Crippen LogP contribution in [0.2, 0.25) is 0 Å². The number of halogens is 2. The highest BCUT2D eigenvalue weighted by molar-refractivity contribution is 5.88. The van der Waals surface area contributed by atoms with Gasteiger partial charge in [-0.2, -0.15) is 8.78 Å². The van der Waals surface area contributed by atoms with E-state index in [9.17, 15) is 18.7 Å². The lowest BCUT2D eigenvalue weighted by Crippen LogP contribution is -2.39. The molecular formula is C20H22F2O3. The smallest absolute Gasteiger partial charge is 0.334 e. The van der Waals surface area contributed by atoms with Crippen LogP contribution in [0.4, 0.5) is 8.78 Å². The molecule has 0 spiro atoms. The number of ketones is 1. The van der Waals surface area contributed by atoms with E-state index in [2.05, 4.69) is 0 Å². The number of carbonyl (C=O) groups is 1. The van der Waals surface area contributed by atoms with Gasteiger partial charge in [-0.05, 0) is 36.1 Å². The third-order valence-corrected chi connectivity index (χ3v) is 4.26. The molecule has 1 unspecified atom stereocenters. The van der Waals surface area contributed by atoms with Gasteiger partial charge in [0.05, 0.1) is 7.11 Å². The van der Waals surface area contributed by atoms with Crippen molar-refractivity contribution in [2.24, 2.45) is 5.92 Å². The fourth-order valence-electron chi connectivity index (χ4n) is 2.62. The first-order valence-corrected chi connectivity index (χ1v) is 8.14. The van der Waals surface area contributed by atoms with Gasteiger partial charge in [0.15, 0.2) is 0 Å². The molecule has 0 saturated carbocycles. The van der Waals surface area contributed by atoms with Crippen LogP contribution in [-0.4, -0.2) is 23.9 Å². The lowest BCUT2D eigenvalue weighted by Gasteiger charge is -2.24. The molecule has 0 aliphatic carbocycles. The quantitative estimate of drug-likeness (QED) is 0.778. The van der Waals surface area contributed by atoms with E-state index < -0.39 is 23.7 Å². The fourth-order valence-corrected chi connectivity index (χ4v) is 2.62. The number of ether oxygens (including phenoxy) is 1. The lowest BCUT2D eigenvalue weighted by atomic mass is 9.90. The van der Waals surface area contributed by atoms with E-state index in [1.807, 2.05) is 30.3 Å². The molecular weight excluding hydrogens is 326 g/mol. The van der Waals surface area contributed by atoms with Gasteiger partial charge in [-0.3, -0.25) is 4.79 Å². The van der Waals surface area contributed by atoms with E-state index in [4.69, 9.17) is 4.74 Å². The fraction of sp³-hybridized carbons (Fsp3) is 0.350. The predicted molar refractivity (Wildman–Crippen MR) is 91.8 cm³/mol. The highest BCUT2D eigenvalue weighted by atomic mass is 19.3. The van der Waals surface area contributed by atoms with Crippen LogP contribution >= 0.6 is 0 Å². The molecule has 0 fully saturated rings. The Morgan fingerprint density at radius 2 is 1.72 bits per heavy atom. The molecule has 0 bridgehead atoms. The van der Waals surface area contributed by atoms with Gasteiger partial charge < -0.3 is 9.84 Å². The summed E-state index contributed by atoms with van der Waals surface area (Å²) in [6, 6.07) is 15.0. The topological polar surface area (TPSA) is 46.5 Å². The Labute approximate surface area is 146 Å². The maximum Gasteiger partial charge on any atom is 0.334 e. The van der Waals surface area contributed by atoms with E-state index in [0.29, 0.717) is 18.6 Å². The maximum atomic E-state index is 14.4. The van der Waals surface area contributed by atoms with E-state index >= 15 is 0 Å². The van der Waals surface area contributed by atoms with Crippen molar-refractivity contribution in [2.75, 3.05) is 7.11 Å². The second kappa shape index (κ2) is 8.21. The normalized spacial score (nSPS) is 14.0. The van der Waals surface area contributed by atoms with Crippen molar-refractivity contribution in [3.63, 3.8) is 0 Å². The molecule has 0 aromatic heterocycles. The Hall–Kier alpha value is -2.27. The van der Waals surface area contributed by atoms with Crippen molar-refractivity contribution >= 4 is 5.78 Å². The SMILES string of the molecule is COc1ccc(C(O)C(F)(F)C(=O)[C@@H](C)CCc2ccccc2)cc1. The molecule has 5 heteroatoms. The zero-order chi connectivity index (χ0) is 18.4. The number of hydrogen-bond donors (Lipinski definition) is 1. The number of aryl methyl sites for hydroxylation is 1. The highest BCUT2D eigenvalue weighted by Crippen LogP contribution is 2.35. The van der Waals surface area contributed by atoms with Gasteiger partial charge >= 0.3 is 5.92 Å². The molecule has 25 heavy (non-hydrogen) atoms. The van der Waals surface area contributed by atoms with E-state index in [0.717, 1.165) is 5.56 Å². The largest absolute Gasteiger partial charge is 0.497 e. The summed E-state index contributed by atoms with van der Waals surface area (Å²) in [7, 11) is 1.46. The van der Waals surface area contributed by atoms with Crippen molar-refractivity contribution < 1.29 is 23.4 Å². The number of hydrogen-bond acceptors (Lipinski definition) is 3. The summed E-state index contributed by atoms with van der Waals surface area (Å²) >= 11 is 0. The molecule has 134 valence electrons. The first kappa shape index (κ1) is 19.1. The molecule has 2 rings (SSSR count).